The number of carbonyl (C=O) groups is 3. The summed E-state index contributed by atoms with van der Waals surface area (Å²) in [5.41, 5.74) is -0.623. The molecule has 0 saturated carbocycles. The van der Waals surface area contributed by atoms with Crippen LogP contribution in [-0.2, 0) is 14.4 Å². The third kappa shape index (κ3) is 10.2. The number of aromatic nitrogens is 1. The van der Waals surface area contributed by atoms with Gasteiger partial charge < -0.3 is 4.74 Å². The highest BCUT2D eigenvalue weighted by atomic mass is 32.2. The van der Waals surface area contributed by atoms with Gasteiger partial charge >= 0.3 is 6.18 Å². The van der Waals surface area contributed by atoms with Gasteiger partial charge in [-0.1, -0.05) is 18.3 Å². The Morgan fingerprint density at radius 2 is 2.06 bits per heavy atom. The minimum absolute atomic E-state index is 0.0948. The Labute approximate surface area is 201 Å². The van der Waals surface area contributed by atoms with Crippen molar-refractivity contribution in [2.75, 3.05) is 18.2 Å². The number of imide groups is 1. The Kier molecular flexibility index (Phi) is 11.4. The Bertz CT molecular complexity index is 1120. The predicted molar refractivity (Wildman–Crippen MR) is 118 cm³/mol. The van der Waals surface area contributed by atoms with E-state index in [1.54, 1.807) is 18.2 Å². The number of ketones is 1. The van der Waals surface area contributed by atoms with Crippen LogP contribution in [0, 0.1) is 17.1 Å². The second-order valence-electron chi connectivity index (χ2n) is 6.38. The number of nitriles is 1. The number of alkyl halides is 3. The summed E-state index contributed by atoms with van der Waals surface area (Å²) in [6, 6.07) is 6.78. The molecule has 2 amide bonds. The molecule has 0 atom stereocenters. The first-order valence-corrected chi connectivity index (χ1v) is 10.2. The average molecular weight is 513 g/mol. The normalized spacial score (nSPS) is 10.2. The number of nitrogens with two attached hydrogens (primary N) is 1. The number of pyridine rings is 1. The van der Waals surface area contributed by atoms with Crippen molar-refractivity contribution in [1.82, 2.24) is 10.3 Å². The van der Waals surface area contributed by atoms with Crippen molar-refractivity contribution >= 4 is 35.5 Å². The molecular weight excluding hydrogens is 494 g/mol. The fourth-order valence-corrected chi connectivity index (χ4v) is 3.15. The van der Waals surface area contributed by atoms with E-state index in [0.29, 0.717) is 11.3 Å². The van der Waals surface area contributed by atoms with Gasteiger partial charge in [0.15, 0.2) is 5.78 Å². The monoisotopic (exact) mass is 513 g/mol. The number of anilines is 1. The molecule has 1 aromatic carbocycles. The molecule has 9 nitrogen and oxygen atoms in total. The molecule has 2 rings (SSSR count). The number of Topliss-reactive ketones (excluding diaryl/α,β-unsaturated/α-hetero) is 1. The van der Waals surface area contributed by atoms with E-state index < -0.39 is 30.1 Å². The van der Waals surface area contributed by atoms with Crippen molar-refractivity contribution in [1.29, 1.82) is 5.26 Å². The smallest absolute Gasteiger partial charge is 0.407 e. The van der Waals surface area contributed by atoms with Gasteiger partial charge in [-0.15, -0.1) is 0 Å². The third-order valence-electron chi connectivity index (χ3n) is 3.58. The number of nitrogens with zero attached hydrogens (tertiary/aromatic N) is 3. The molecule has 0 fully saturated rings. The van der Waals surface area contributed by atoms with Gasteiger partial charge in [-0.2, -0.15) is 18.4 Å². The summed E-state index contributed by atoms with van der Waals surface area (Å²) in [5.74, 6) is 3.67. The van der Waals surface area contributed by atoms with E-state index in [9.17, 15) is 37.2 Å². The van der Waals surface area contributed by atoms with Crippen LogP contribution in [0.1, 0.15) is 12.5 Å². The molecule has 35 heavy (non-hydrogen) atoms. The predicted octanol–water partition coefficient (Wildman–Crippen LogP) is 2.90. The van der Waals surface area contributed by atoms with Crippen molar-refractivity contribution in [3.8, 4) is 11.9 Å². The van der Waals surface area contributed by atoms with E-state index in [1.165, 1.54) is 13.1 Å². The molecule has 0 radical (unpaired) electrons. The lowest BCUT2D eigenvalue weighted by atomic mass is 10.2. The number of hydrazine groups is 1. The molecule has 0 aliphatic rings. The van der Waals surface area contributed by atoms with Gasteiger partial charge in [0.2, 0.25) is 18.2 Å². The molecule has 1 heterocycles. The molecule has 186 valence electrons. The third-order valence-corrected chi connectivity index (χ3v) is 4.67. The molecule has 0 bridgehead atoms. The molecule has 0 unspecified atom stereocenters. The van der Waals surface area contributed by atoms with Crippen molar-refractivity contribution in [3.05, 3.63) is 54.5 Å². The van der Waals surface area contributed by atoms with Crippen LogP contribution in [0.25, 0.3) is 0 Å². The van der Waals surface area contributed by atoms with Crippen molar-refractivity contribution < 1.29 is 36.7 Å². The Morgan fingerprint density at radius 3 is 2.57 bits per heavy atom. The first-order valence-electron chi connectivity index (χ1n) is 9.36. The molecule has 0 saturated heterocycles. The van der Waals surface area contributed by atoms with Crippen molar-refractivity contribution in [2.45, 2.75) is 22.9 Å². The highest BCUT2D eigenvalue weighted by Gasteiger charge is 2.31. The topological polar surface area (TPSA) is 138 Å². The fraction of sp³-hybridized carbons (Fsp3) is 0.190. The quantitative estimate of drug-likeness (QED) is 0.170. The molecule has 0 aliphatic heterocycles. The Balaban J connectivity index is 0.000000762. The van der Waals surface area contributed by atoms with Crippen LogP contribution in [0.15, 0.2) is 52.9 Å². The van der Waals surface area contributed by atoms with Gasteiger partial charge in [-0.05, 0) is 37.3 Å². The van der Waals surface area contributed by atoms with E-state index in [2.05, 4.69) is 11.6 Å². The first kappa shape index (κ1) is 29.1. The standard InChI is InChI=1S/C17H14F4N4O2S.C4H5NO2/c1-10(26)8-27-16-14(3-2-4-24-16)28-15-6-13(12(18)5-11(15)7-22)25(23)9-17(19,20)21;1-2-4(7)5-3-6/h2-6H,8-9,23H2,1H3;2-3H,1H2,(H,5,6,7). The van der Waals surface area contributed by atoms with Crippen LogP contribution in [0.5, 0.6) is 5.88 Å². The van der Waals surface area contributed by atoms with Crippen molar-refractivity contribution in [2.24, 2.45) is 5.84 Å². The number of benzene rings is 1. The minimum atomic E-state index is -4.64. The molecular formula is C21H19F4N5O4S. The van der Waals surface area contributed by atoms with E-state index in [1.807, 2.05) is 5.32 Å². The summed E-state index contributed by atoms with van der Waals surface area (Å²) in [7, 11) is 0. The van der Waals surface area contributed by atoms with E-state index in [0.717, 1.165) is 30.0 Å². The maximum absolute atomic E-state index is 14.1. The minimum Gasteiger partial charge on any atom is -0.469 e. The molecule has 0 spiro atoms. The van der Waals surface area contributed by atoms with Crippen LogP contribution in [0.4, 0.5) is 23.2 Å². The van der Waals surface area contributed by atoms with E-state index >= 15 is 0 Å². The molecule has 1 aromatic heterocycles. The zero-order valence-electron chi connectivity index (χ0n) is 18.1. The van der Waals surface area contributed by atoms with Gasteiger partial charge in [-0.3, -0.25) is 24.7 Å². The number of hydrogen-bond acceptors (Lipinski definition) is 9. The summed E-state index contributed by atoms with van der Waals surface area (Å²) in [5, 5.41) is 11.3. The first-order chi connectivity index (χ1) is 16.4. The van der Waals surface area contributed by atoms with Crippen LogP contribution in [0.2, 0.25) is 0 Å². The van der Waals surface area contributed by atoms with E-state index in [-0.39, 0.29) is 33.7 Å². The highest BCUT2D eigenvalue weighted by molar-refractivity contribution is 7.99. The number of hydrogen-bond donors (Lipinski definition) is 2. The Hall–Kier alpha value is -3.96. The van der Waals surface area contributed by atoms with Crippen LogP contribution in [0.3, 0.4) is 0 Å². The number of rotatable bonds is 9. The maximum atomic E-state index is 14.1. The van der Waals surface area contributed by atoms with Gasteiger partial charge in [0.25, 0.3) is 0 Å². The van der Waals surface area contributed by atoms with Crippen molar-refractivity contribution in [3.63, 3.8) is 0 Å². The second kappa shape index (κ2) is 13.7. The average Bonchev–Trinajstić information content (AvgIpc) is 2.78. The number of ether oxygens (including phenoxy) is 1. The number of carbonyl (C=O) groups excluding carboxylic acids is 3. The SMILES string of the molecule is C=CC(=O)NC=O.CC(=O)COc1ncccc1Sc1cc(N(N)CC(F)(F)F)c(F)cc1C#N. The van der Waals surface area contributed by atoms with Gasteiger partial charge in [0.1, 0.15) is 25.0 Å². The zero-order valence-corrected chi connectivity index (χ0v) is 19.0. The van der Waals surface area contributed by atoms with Crippen LogP contribution < -0.4 is 20.9 Å². The number of amides is 2. The fourth-order valence-electron chi connectivity index (χ4n) is 2.18. The lowest BCUT2D eigenvalue weighted by Crippen LogP contribution is -2.40. The van der Waals surface area contributed by atoms with E-state index in [4.69, 9.17) is 10.6 Å². The summed E-state index contributed by atoms with van der Waals surface area (Å²) in [6.07, 6.45) is -1.89. The zero-order chi connectivity index (χ0) is 26.6. The second-order valence-corrected chi connectivity index (χ2v) is 7.47. The lowest BCUT2D eigenvalue weighted by molar-refractivity contribution is -0.122. The van der Waals surface area contributed by atoms with Crippen LogP contribution in [-0.4, -0.2) is 42.4 Å². The molecule has 3 N–H and O–H groups in total. The summed E-state index contributed by atoms with van der Waals surface area (Å²) >= 11 is 0.924. The molecule has 14 heteroatoms. The summed E-state index contributed by atoms with van der Waals surface area (Å²) < 4.78 is 57.1. The number of halogens is 4. The van der Waals surface area contributed by atoms with Gasteiger partial charge in [0.05, 0.1) is 16.1 Å². The molecule has 2 aromatic rings. The van der Waals surface area contributed by atoms with Gasteiger partial charge in [-0.25, -0.2) is 15.2 Å². The summed E-state index contributed by atoms with van der Waals surface area (Å²) in [6.45, 7) is 2.63. The highest BCUT2D eigenvalue weighted by Crippen LogP contribution is 2.38. The number of nitrogens with one attached hydrogen (secondary N) is 1. The Morgan fingerprint density at radius 1 is 1.37 bits per heavy atom. The van der Waals surface area contributed by atoms with Gasteiger partial charge in [0, 0.05) is 11.1 Å². The lowest BCUT2D eigenvalue weighted by Gasteiger charge is -2.22. The maximum Gasteiger partial charge on any atom is 0.407 e. The molecule has 0 aliphatic carbocycles. The largest absolute Gasteiger partial charge is 0.469 e. The summed E-state index contributed by atoms with van der Waals surface area (Å²) in [4.78, 5) is 35.0. The van der Waals surface area contributed by atoms with Crippen LogP contribution >= 0.6 is 11.8 Å².